The average molecular weight is 307 g/mol. The van der Waals surface area contributed by atoms with Gasteiger partial charge in [0.15, 0.2) is 0 Å². The van der Waals surface area contributed by atoms with Gasteiger partial charge in [0, 0.05) is 12.7 Å². The van der Waals surface area contributed by atoms with Crippen molar-refractivity contribution in [3.05, 3.63) is 63.6 Å². The molecule has 0 spiro atoms. The minimum Gasteiger partial charge on any atom is -0.361 e. The van der Waals surface area contributed by atoms with E-state index in [9.17, 15) is 4.79 Å². The molecule has 1 unspecified atom stereocenters. The summed E-state index contributed by atoms with van der Waals surface area (Å²) in [6.07, 6.45) is -0.257. The van der Waals surface area contributed by atoms with Crippen molar-refractivity contribution in [2.24, 2.45) is 0 Å². The van der Waals surface area contributed by atoms with Gasteiger partial charge in [-0.2, -0.15) is 0 Å². The van der Waals surface area contributed by atoms with Crippen LogP contribution in [0, 0.1) is 0 Å². The fourth-order valence-corrected chi connectivity index (χ4v) is 2.64. The van der Waals surface area contributed by atoms with Crippen molar-refractivity contribution in [2.75, 3.05) is 12.4 Å². The van der Waals surface area contributed by atoms with Crippen molar-refractivity contribution in [3.8, 4) is 0 Å². The van der Waals surface area contributed by atoms with Crippen LogP contribution in [0.4, 0.5) is 5.69 Å². The zero-order valence-electron chi connectivity index (χ0n) is 10.7. The molecule has 1 N–H and O–H groups in total. The van der Waals surface area contributed by atoms with Gasteiger partial charge in [-0.05, 0) is 29.8 Å². The molecule has 0 radical (unpaired) electrons. The van der Waals surface area contributed by atoms with Crippen LogP contribution in [0.1, 0.15) is 22.1 Å². The fourth-order valence-electron chi connectivity index (χ4n) is 2.34. The molecule has 0 fully saturated rings. The lowest BCUT2D eigenvalue weighted by atomic mass is 10.0. The molecule has 20 heavy (non-hydrogen) atoms. The standard InChI is InChI=1S/C15H12Cl2N2O/c1-19-14(9-6-7-11(16)12(17)8-9)18-13-5-3-2-4-10(13)15(19)20/h2-8,14,18H,1H3. The molecule has 5 heteroatoms. The molecule has 1 heterocycles. The van der Waals surface area contributed by atoms with Gasteiger partial charge in [-0.1, -0.05) is 41.4 Å². The molecule has 0 bridgehead atoms. The predicted molar refractivity (Wildman–Crippen MR) is 81.4 cm³/mol. The minimum absolute atomic E-state index is 0.0181. The summed E-state index contributed by atoms with van der Waals surface area (Å²) in [6, 6.07) is 12.8. The number of benzene rings is 2. The number of carbonyl (C=O) groups is 1. The van der Waals surface area contributed by atoms with Crippen LogP contribution < -0.4 is 5.32 Å². The smallest absolute Gasteiger partial charge is 0.257 e. The monoisotopic (exact) mass is 306 g/mol. The first kappa shape index (κ1) is 13.3. The summed E-state index contributed by atoms with van der Waals surface area (Å²) < 4.78 is 0. The first-order chi connectivity index (χ1) is 9.58. The highest BCUT2D eigenvalue weighted by Crippen LogP contribution is 2.34. The van der Waals surface area contributed by atoms with Crippen LogP contribution in [0.15, 0.2) is 42.5 Å². The molecule has 0 aliphatic carbocycles. The van der Waals surface area contributed by atoms with Gasteiger partial charge < -0.3 is 10.2 Å². The van der Waals surface area contributed by atoms with E-state index in [1.54, 1.807) is 24.1 Å². The lowest BCUT2D eigenvalue weighted by molar-refractivity contribution is 0.0735. The van der Waals surface area contributed by atoms with Crippen LogP contribution in [0.3, 0.4) is 0 Å². The molecule has 3 rings (SSSR count). The van der Waals surface area contributed by atoms with Crippen LogP contribution in [0.25, 0.3) is 0 Å². The van der Waals surface area contributed by atoms with Gasteiger partial charge >= 0.3 is 0 Å². The largest absolute Gasteiger partial charge is 0.361 e. The number of hydrogen-bond acceptors (Lipinski definition) is 2. The summed E-state index contributed by atoms with van der Waals surface area (Å²) in [6.45, 7) is 0. The van der Waals surface area contributed by atoms with Crippen LogP contribution in [0.5, 0.6) is 0 Å². The van der Waals surface area contributed by atoms with Crippen molar-refractivity contribution in [3.63, 3.8) is 0 Å². The summed E-state index contributed by atoms with van der Waals surface area (Å²) in [5, 5.41) is 4.32. The van der Waals surface area contributed by atoms with Gasteiger partial charge in [-0.15, -0.1) is 0 Å². The van der Waals surface area contributed by atoms with Gasteiger partial charge in [-0.25, -0.2) is 0 Å². The maximum absolute atomic E-state index is 12.4. The Balaban J connectivity index is 2.03. The SMILES string of the molecule is CN1C(=O)c2ccccc2NC1c1ccc(Cl)c(Cl)c1. The fraction of sp³-hybridized carbons (Fsp3) is 0.133. The van der Waals surface area contributed by atoms with Gasteiger partial charge in [0.05, 0.1) is 15.6 Å². The first-order valence-electron chi connectivity index (χ1n) is 6.15. The molecule has 2 aromatic rings. The van der Waals surface area contributed by atoms with E-state index >= 15 is 0 Å². The van der Waals surface area contributed by atoms with E-state index in [1.807, 2.05) is 30.3 Å². The maximum Gasteiger partial charge on any atom is 0.257 e. The minimum atomic E-state index is -0.257. The second-order valence-corrected chi connectivity index (χ2v) is 5.50. The number of hydrogen-bond donors (Lipinski definition) is 1. The third-order valence-corrected chi connectivity index (χ3v) is 4.16. The summed E-state index contributed by atoms with van der Waals surface area (Å²) in [4.78, 5) is 14.0. The Bertz CT molecular complexity index is 687. The van der Waals surface area contributed by atoms with E-state index in [1.165, 1.54) is 0 Å². The molecule has 1 aliphatic rings. The van der Waals surface area contributed by atoms with Gasteiger partial charge in [-0.3, -0.25) is 4.79 Å². The van der Waals surface area contributed by atoms with Crippen molar-refractivity contribution in [2.45, 2.75) is 6.17 Å². The van der Waals surface area contributed by atoms with Crippen LogP contribution >= 0.6 is 23.2 Å². The third-order valence-electron chi connectivity index (χ3n) is 3.42. The van der Waals surface area contributed by atoms with E-state index in [0.29, 0.717) is 15.6 Å². The molecule has 0 saturated carbocycles. The average Bonchev–Trinajstić information content (AvgIpc) is 2.46. The molecule has 0 saturated heterocycles. The topological polar surface area (TPSA) is 32.3 Å². The lowest BCUT2D eigenvalue weighted by Gasteiger charge is -2.35. The van der Waals surface area contributed by atoms with E-state index in [-0.39, 0.29) is 12.1 Å². The highest BCUT2D eigenvalue weighted by atomic mass is 35.5. The van der Waals surface area contributed by atoms with Gasteiger partial charge in [0.1, 0.15) is 6.17 Å². The molecule has 3 nitrogen and oxygen atoms in total. The van der Waals surface area contributed by atoms with Crippen molar-refractivity contribution in [1.82, 2.24) is 4.90 Å². The normalized spacial score (nSPS) is 17.6. The zero-order chi connectivity index (χ0) is 14.3. The molecular formula is C15H12Cl2N2O. The molecule has 2 aromatic carbocycles. The van der Waals surface area contributed by atoms with Crippen molar-refractivity contribution in [1.29, 1.82) is 0 Å². The Morgan fingerprint density at radius 1 is 1.10 bits per heavy atom. The number of anilines is 1. The molecule has 1 amide bonds. The summed E-state index contributed by atoms with van der Waals surface area (Å²) in [5.74, 6) is -0.0181. The molecule has 1 atom stereocenters. The van der Waals surface area contributed by atoms with E-state index in [4.69, 9.17) is 23.2 Å². The second-order valence-electron chi connectivity index (χ2n) is 4.68. The predicted octanol–water partition coefficient (Wildman–Crippen LogP) is 4.19. The quantitative estimate of drug-likeness (QED) is 0.857. The number of carbonyl (C=O) groups excluding carboxylic acids is 1. The Kier molecular flexibility index (Phi) is 3.32. The molecule has 102 valence electrons. The Morgan fingerprint density at radius 2 is 1.85 bits per heavy atom. The number of halogens is 2. The van der Waals surface area contributed by atoms with Gasteiger partial charge in [0.25, 0.3) is 5.91 Å². The second kappa shape index (κ2) is 5.00. The maximum atomic E-state index is 12.4. The molecule has 1 aliphatic heterocycles. The Labute approximate surface area is 127 Å². The summed E-state index contributed by atoms with van der Waals surface area (Å²) in [7, 11) is 1.76. The molecular weight excluding hydrogens is 295 g/mol. The number of para-hydroxylation sites is 1. The van der Waals surface area contributed by atoms with Crippen molar-refractivity contribution < 1.29 is 4.79 Å². The Hall–Kier alpha value is -1.71. The van der Waals surface area contributed by atoms with Crippen LogP contribution in [0.2, 0.25) is 10.0 Å². The zero-order valence-corrected chi connectivity index (χ0v) is 12.2. The summed E-state index contributed by atoms with van der Waals surface area (Å²) >= 11 is 12.0. The third kappa shape index (κ3) is 2.13. The first-order valence-corrected chi connectivity index (χ1v) is 6.91. The number of nitrogens with one attached hydrogen (secondary N) is 1. The number of nitrogens with zero attached hydrogens (tertiary/aromatic N) is 1. The highest BCUT2D eigenvalue weighted by molar-refractivity contribution is 6.42. The van der Waals surface area contributed by atoms with Crippen LogP contribution in [-0.4, -0.2) is 17.9 Å². The number of rotatable bonds is 1. The number of amides is 1. The Morgan fingerprint density at radius 3 is 2.60 bits per heavy atom. The van der Waals surface area contributed by atoms with Gasteiger partial charge in [0.2, 0.25) is 0 Å². The lowest BCUT2D eigenvalue weighted by Crippen LogP contribution is -2.40. The van der Waals surface area contributed by atoms with Crippen molar-refractivity contribution >= 4 is 34.8 Å². The summed E-state index contributed by atoms with van der Waals surface area (Å²) in [5.41, 5.74) is 2.39. The molecule has 0 aromatic heterocycles. The van der Waals surface area contributed by atoms with E-state index in [2.05, 4.69) is 5.32 Å². The van der Waals surface area contributed by atoms with E-state index in [0.717, 1.165) is 11.3 Å². The highest BCUT2D eigenvalue weighted by Gasteiger charge is 2.30. The van der Waals surface area contributed by atoms with E-state index < -0.39 is 0 Å². The van der Waals surface area contributed by atoms with Crippen LogP contribution in [-0.2, 0) is 0 Å². The number of fused-ring (bicyclic) bond motifs is 1.